The third kappa shape index (κ3) is 4.47. The summed E-state index contributed by atoms with van der Waals surface area (Å²) in [5.41, 5.74) is 2.32. The maximum atomic E-state index is 12.3. The van der Waals surface area contributed by atoms with E-state index in [1.54, 1.807) is 26.4 Å². The highest BCUT2D eigenvalue weighted by Crippen LogP contribution is 2.23. The number of aromatic nitrogens is 2. The van der Waals surface area contributed by atoms with Crippen LogP contribution in [0.4, 0.5) is 0 Å². The summed E-state index contributed by atoms with van der Waals surface area (Å²) in [5.74, 6) is 2.14. The van der Waals surface area contributed by atoms with Crippen molar-refractivity contribution >= 4 is 0 Å². The molecule has 0 spiro atoms. The monoisotopic (exact) mass is 366 g/mol. The zero-order valence-corrected chi connectivity index (χ0v) is 15.6. The fraction of sp³-hybridized carbons (Fsp3) is 0.238. The van der Waals surface area contributed by atoms with Crippen LogP contribution in [0.5, 0.6) is 17.2 Å². The minimum Gasteiger partial charge on any atom is -0.497 e. The van der Waals surface area contributed by atoms with E-state index >= 15 is 0 Å². The van der Waals surface area contributed by atoms with Crippen LogP contribution in [0.15, 0.2) is 59.4 Å². The fourth-order valence-electron chi connectivity index (χ4n) is 2.74. The lowest BCUT2D eigenvalue weighted by Gasteiger charge is -2.11. The Bertz CT molecular complexity index is 942. The second kappa shape index (κ2) is 8.40. The van der Waals surface area contributed by atoms with Crippen LogP contribution in [0, 0.1) is 0 Å². The van der Waals surface area contributed by atoms with E-state index in [2.05, 4.69) is 5.10 Å². The molecule has 3 aromatic rings. The van der Waals surface area contributed by atoms with Gasteiger partial charge in [0.15, 0.2) is 0 Å². The quantitative estimate of drug-likeness (QED) is 0.641. The van der Waals surface area contributed by atoms with E-state index in [0.717, 1.165) is 16.9 Å². The Morgan fingerprint density at radius 2 is 1.56 bits per heavy atom. The van der Waals surface area contributed by atoms with Crippen molar-refractivity contribution in [1.29, 1.82) is 0 Å². The molecule has 0 aliphatic carbocycles. The fourth-order valence-corrected chi connectivity index (χ4v) is 2.74. The van der Waals surface area contributed by atoms with Gasteiger partial charge in [0, 0.05) is 17.7 Å². The van der Waals surface area contributed by atoms with Crippen molar-refractivity contribution in [3.63, 3.8) is 0 Å². The number of benzene rings is 2. The molecular weight excluding hydrogens is 344 g/mol. The van der Waals surface area contributed by atoms with Gasteiger partial charge in [0.2, 0.25) is 0 Å². The lowest BCUT2D eigenvalue weighted by atomic mass is 10.1. The molecule has 0 unspecified atom stereocenters. The van der Waals surface area contributed by atoms with Gasteiger partial charge < -0.3 is 14.2 Å². The van der Waals surface area contributed by atoms with Crippen molar-refractivity contribution < 1.29 is 14.2 Å². The number of methoxy groups -OCH3 is 2. The van der Waals surface area contributed by atoms with Crippen LogP contribution in [0.1, 0.15) is 12.5 Å². The van der Waals surface area contributed by atoms with Crippen LogP contribution >= 0.6 is 0 Å². The van der Waals surface area contributed by atoms with E-state index in [1.165, 1.54) is 10.7 Å². The predicted molar refractivity (Wildman–Crippen MR) is 104 cm³/mol. The first-order valence-electron chi connectivity index (χ1n) is 8.66. The minimum atomic E-state index is -0.175. The van der Waals surface area contributed by atoms with Gasteiger partial charge in [-0.05, 0) is 55.0 Å². The molecule has 6 nitrogen and oxygen atoms in total. The predicted octanol–water partition coefficient (Wildman–Crippen LogP) is 3.37. The molecule has 0 aliphatic heterocycles. The lowest BCUT2D eigenvalue weighted by Crippen LogP contribution is -2.22. The summed E-state index contributed by atoms with van der Waals surface area (Å²) in [6.45, 7) is 2.88. The van der Waals surface area contributed by atoms with E-state index in [9.17, 15) is 4.79 Å². The molecule has 6 heteroatoms. The number of nitrogens with zero attached hydrogens (tertiary/aromatic N) is 2. The molecule has 0 saturated heterocycles. The second-order valence-corrected chi connectivity index (χ2v) is 5.89. The Morgan fingerprint density at radius 3 is 2.15 bits per heavy atom. The third-order valence-corrected chi connectivity index (χ3v) is 4.07. The van der Waals surface area contributed by atoms with Gasteiger partial charge in [-0.3, -0.25) is 4.79 Å². The van der Waals surface area contributed by atoms with Crippen molar-refractivity contribution in [1.82, 2.24) is 9.78 Å². The number of hydrogen-bond donors (Lipinski definition) is 0. The average molecular weight is 366 g/mol. The molecule has 0 bridgehead atoms. The zero-order valence-electron chi connectivity index (χ0n) is 15.6. The molecule has 0 atom stereocenters. The van der Waals surface area contributed by atoms with E-state index in [1.807, 2.05) is 43.3 Å². The van der Waals surface area contributed by atoms with Gasteiger partial charge in [0.05, 0.1) is 33.1 Å². The molecule has 2 aromatic carbocycles. The number of rotatable bonds is 7. The van der Waals surface area contributed by atoms with Crippen LogP contribution in [-0.2, 0) is 6.54 Å². The molecule has 0 radical (unpaired) electrons. The van der Waals surface area contributed by atoms with Gasteiger partial charge in [-0.1, -0.05) is 0 Å². The maximum absolute atomic E-state index is 12.3. The van der Waals surface area contributed by atoms with Crippen LogP contribution < -0.4 is 19.8 Å². The number of hydrogen-bond acceptors (Lipinski definition) is 5. The first kappa shape index (κ1) is 18.5. The van der Waals surface area contributed by atoms with Crippen molar-refractivity contribution in [3.8, 4) is 28.5 Å². The topological polar surface area (TPSA) is 62.6 Å². The SMILES string of the molecule is CCOc1ccc(-c2ccc(=O)n(Cc3cc(OC)cc(OC)c3)n2)cc1. The molecular formula is C21H22N2O4. The third-order valence-electron chi connectivity index (χ3n) is 4.07. The van der Waals surface area contributed by atoms with Gasteiger partial charge in [-0.15, -0.1) is 0 Å². The van der Waals surface area contributed by atoms with Gasteiger partial charge in [-0.25, -0.2) is 4.68 Å². The van der Waals surface area contributed by atoms with Crippen molar-refractivity contribution in [2.75, 3.05) is 20.8 Å². The van der Waals surface area contributed by atoms with E-state index in [4.69, 9.17) is 14.2 Å². The molecule has 0 amide bonds. The highest BCUT2D eigenvalue weighted by molar-refractivity contribution is 5.59. The Kier molecular flexibility index (Phi) is 5.76. The van der Waals surface area contributed by atoms with Gasteiger partial charge in [-0.2, -0.15) is 5.10 Å². The lowest BCUT2D eigenvalue weighted by molar-refractivity contribution is 0.340. The summed E-state index contributed by atoms with van der Waals surface area (Å²) in [4.78, 5) is 12.3. The number of ether oxygens (including phenoxy) is 3. The van der Waals surface area contributed by atoms with Crippen molar-refractivity contribution in [2.45, 2.75) is 13.5 Å². The molecule has 3 rings (SSSR count). The highest BCUT2D eigenvalue weighted by Gasteiger charge is 2.07. The zero-order chi connectivity index (χ0) is 19.2. The van der Waals surface area contributed by atoms with Crippen LogP contribution in [0.25, 0.3) is 11.3 Å². The Labute approximate surface area is 157 Å². The van der Waals surface area contributed by atoms with Gasteiger partial charge in [0.1, 0.15) is 17.2 Å². The standard InChI is InChI=1S/C21H22N2O4/c1-4-27-17-7-5-16(6-8-17)20-9-10-21(24)23(22-20)14-15-11-18(25-2)13-19(12-15)26-3/h5-13H,4,14H2,1-3H3. The normalized spacial score (nSPS) is 10.5. The Morgan fingerprint density at radius 1 is 0.889 bits per heavy atom. The average Bonchev–Trinajstić information content (AvgIpc) is 2.70. The van der Waals surface area contributed by atoms with E-state index in [-0.39, 0.29) is 5.56 Å². The maximum Gasteiger partial charge on any atom is 0.267 e. The largest absolute Gasteiger partial charge is 0.497 e. The summed E-state index contributed by atoms with van der Waals surface area (Å²) in [7, 11) is 3.19. The summed E-state index contributed by atoms with van der Waals surface area (Å²) < 4.78 is 17.5. The van der Waals surface area contributed by atoms with Gasteiger partial charge >= 0.3 is 0 Å². The van der Waals surface area contributed by atoms with Crippen LogP contribution in [-0.4, -0.2) is 30.6 Å². The first-order chi connectivity index (χ1) is 13.1. The molecule has 0 fully saturated rings. The Balaban J connectivity index is 1.91. The van der Waals surface area contributed by atoms with E-state index < -0.39 is 0 Å². The van der Waals surface area contributed by atoms with Crippen LogP contribution in [0.3, 0.4) is 0 Å². The summed E-state index contributed by atoms with van der Waals surface area (Å²) in [6, 6.07) is 16.4. The van der Waals surface area contributed by atoms with Crippen molar-refractivity contribution in [2.24, 2.45) is 0 Å². The second-order valence-electron chi connectivity index (χ2n) is 5.89. The molecule has 0 aliphatic rings. The summed E-state index contributed by atoms with van der Waals surface area (Å²) >= 11 is 0. The smallest absolute Gasteiger partial charge is 0.267 e. The van der Waals surface area contributed by atoms with Crippen LogP contribution in [0.2, 0.25) is 0 Å². The van der Waals surface area contributed by atoms with Crippen molar-refractivity contribution in [3.05, 3.63) is 70.5 Å². The molecule has 1 heterocycles. The molecule has 0 saturated carbocycles. The minimum absolute atomic E-state index is 0.175. The highest BCUT2D eigenvalue weighted by atomic mass is 16.5. The molecule has 1 aromatic heterocycles. The first-order valence-corrected chi connectivity index (χ1v) is 8.66. The molecule has 140 valence electrons. The molecule has 27 heavy (non-hydrogen) atoms. The molecule has 0 N–H and O–H groups in total. The van der Waals surface area contributed by atoms with E-state index in [0.29, 0.717) is 30.3 Å². The van der Waals surface area contributed by atoms with Gasteiger partial charge in [0.25, 0.3) is 5.56 Å². The Hall–Kier alpha value is -3.28. The summed E-state index contributed by atoms with van der Waals surface area (Å²) in [5, 5.41) is 4.51. The summed E-state index contributed by atoms with van der Waals surface area (Å²) in [6.07, 6.45) is 0.